The van der Waals surface area contributed by atoms with E-state index in [2.05, 4.69) is 19.8 Å². The predicted molar refractivity (Wildman–Crippen MR) is 70.2 cm³/mol. The maximum Gasteiger partial charge on any atom is 0.268 e. The molecule has 0 aromatic carbocycles. The Bertz CT molecular complexity index is 726. The van der Waals surface area contributed by atoms with Crippen LogP contribution < -0.4 is 10.5 Å². The lowest BCUT2D eigenvalue weighted by molar-refractivity contribution is 0.600. The summed E-state index contributed by atoms with van der Waals surface area (Å²) in [5.41, 5.74) is 6.02. The van der Waals surface area contributed by atoms with Gasteiger partial charge in [0, 0.05) is 13.1 Å². The molecule has 0 amide bonds. The maximum atomic E-state index is 12.2. The number of halogens is 1. The Morgan fingerprint density at radius 3 is 2.63 bits per heavy atom. The molecule has 0 radical (unpaired) electrons. The fourth-order valence-corrected chi connectivity index (χ4v) is 3.00. The number of anilines is 2. The van der Waals surface area contributed by atoms with Gasteiger partial charge in [-0.15, -0.1) is 0 Å². The van der Waals surface area contributed by atoms with Crippen molar-refractivity contribution in [3.8, 4) is 0 Å². The van der Waals surface area contributed by atoms with Crippen molar-refractivity contribution in [1.29, 1.82) is 0 Å². The van der Waals surface area contributed by atoms with E-state index >= 15 is 0 Å². The van der Waals surface area contributed by atoms with Crippen molar-refractivity contribution < 1.29 is 8.42 Å². The molecule has 10 heteroatoms. The first-order valence-corrected chi connectivity index (χ1v) is 6.97. The highest BCUT2D eigenvalue weighted by Crippen LogP contribution is 2.23. The summed E-state index contributed by atoms with van der Waals surface area (Å²) in [5, 5.41) is 3.98. The molecule has 2 aromatic heterocycles. The Balaban J connectivity index is 2.44. The van der Waals surface area contributed by atoms with Crippen LogP contribution in [0.15, 0.2) is 17.3 Å². The molecule has 0 bridgehead atoms. The van der Waals surface area contributed by atoms with Crippen LogP contribution >= 0.6 is 11.6 Å². The maximum absolute atomic E-state index is 12.2. The lowest BCUT2D eigenvalue weighted by Gasteiger charge is -2.07. The predicted octanol–water partition coefficient (Wildman–Crippen LogP) is 0.555. The van der Waals surface area contributed by atoms with E-state index in [0.717, 1.165) is 6.33 Å². The molecule has 2 aromatic rings. The molecule has 0 aliphatic carbocycles. The lowest BCUT2D eigenvalue weighted by Crippen LogP contribution is -2.16. The summed E-state index contributed by atoms with van der Waals surface area (Å²) < 4.78 is 28.1. The molecule has 0 unspecified atom stereocenters. The monoisotopic (exact) mass is 302 g/mol. The van der Waals surface area contributed by atoms with E-state index < -0.39 is 10.0 Å². The smallest absolute Gasteiger partial charge is 0.268 e. The number of nitrogens with one attached hydrogen (secondary N) is 1. The van der Waals surface area contributed by atoms with Crippen molar-refractivity contribution >= 4 is 33.3 Å². The van der Waals surface area contributed by atoms with Crippen LogP contribution in [0.2, 0.25) is 5.15 Å². The van der Waals surface area contributed by atoms with E-state index in [1.165, 1.54) is 10.7 Å². The van der Waals surface area contributed by atoms with Crippen molar-refractivity contribution in [2.24, 2.45) is 7.05 Å². The number of nitrogens with two attached hydrogens (primary N) is 1. The standard InChI is InChI=1S/C9H11ClN6O2S/c1-5-8(9(11)14-16(5)2)19(17,18)15-7-3-6(10)12-4-13-7/h3-4H,1-2H3,(H2,11,14)(H,12,13,15). The van der Waals surface area contributed by atoms with E-state index in [-0.39, 0.29) is 21.7 Å². The van der Waals surface area contributed by atoms with Crippen LogP contribution in [0.25, 0.3) is 0 Å². The second kappa shape index (κ2) is 4.67. The zero-order valence-electron chi connectivity index (χ0n) is 10.1. The molecule has 8 nitrogen and oxygen atoms in total. The van der Waals surface area contributed by atoms with Gasteiger partial charge in [-0.25, -0.2) is 18.4 Å². The van der Waals surface area contributed by atoms with Crippen molar-refractivity contribution in [3.05, 3.63) is 23.2 Å². The molecule has 0 fully saturated rings. The average molecular weight is 303 g/mol. The molecular weight excluding hydrogens is 292 g/mol. The summed E-state index contributed by atoms with van der Waals surface area (Å²) in [6, 6.07) is 1.29. The van der Waals surface area contributed by atoms with Gasteiger partial charge in [0.15, 0.2) is 10.7 Å². The van der Waals surface area contributed by atoms with Gasteiger partial charge in [-0.1, -0.05) is 11.6 Å². The zero-order valence-corrected chi connectivity index (χ0v) is 11.7. The van der Waals surface area contributed by atoms with Gasteiger partial charge in [-0.3, -0.25) is 9.40 Å². The van der Waals surface area contributed by atoms with Gasteiger partial charge in [0.2, 0.25) is 0 Å². The topological polar surface area (TPSA) is 116 Å². The zero-order chi connectivity index (χ0) is 14.2. The first-order valence-electron chi connectivity index (χ1n) is 5.10. The first kappa shape index (κ1) is 13.6. The molecule has 0 saturated carbocycles. The van der Waals surface area contributed by atoms with Crippen molar-refractivity contribution in [1.82, 2.24) is 19.7 Å². The Kier molecular flexibility index (Phi) is 3.33. The molecule has 0 spiro atoms. The molecule has 102 valence electrons. The second-order valence-corrected chi connectivity index (χ2v) is 5.76. The van der Waals surface area contributed by atoms with Crippen molar-refractivity contribution in [2.45, 2.75) is 11.8 Å². The Morgan fingerprint density at radius 1 is 1.42 bits per heavy atom. The summed E-state index contributed by atoms with van der Waals surface area (Å²) >= 11 is 5.66. The number of aryl methyl sites for hydroxylation is 1. The van der Waals surface area contributed by atoms with Crippen LogP contribution in [-0.4, -0.2) is 28.2 Å². The second-order valence-electron chi connectivity index (χ2n) is 3.75. The summed E-state index contributed by atoms with van der Waals surface area (Å²) in [5.74, 6) is -0.0182. The molecule has 19 heavy (non-hydrogen) atoms. The van der Waals surface area contributed by atoms with Crippen LogP contribution in [0.3, 0.4) is 0 Å². The van der Waals surface area contributed by atoms with Crippen LogP contribution in [0.5, 0.6) is 0 Å². The van der Waals surface area contributed by atoms with E-state index in [1.54, 1.807) is 14.0 Å². The SMILES string of the molecule is Cc1c(S(=O)(=O)Nc2cc(Cl)ncn2)c(N)nn1C. The third-order valence-corrected chi connectivity index (χ3v) is 4.17. The minimum Gasteiger partial charge on any atom is -0.381 e. The minimum absolute atomic E-state index is 0.0580. The fraction of sp³-hybridized carbons (Fsp3) is 0.222. The van der Waals surface area contributed by atoms with E-state index in [9.17, 15) is 8.42 Å². The molecule has 2 heterocycles. The van der Waals surface area contributed by atoms with Crippen LogP contribution in [-0.2, 0) is 17.1 Å². The number of nitrogens with zero attached hydrogens (tertiary/aromatic N) is 4. The molecule has 0 aliphatic heterocycles. The van der Waals surface area contributed by atoms with Crippen molar-refractivity contribution in [2.75, 3.05) is 10.5 Å². The van der Waals surface area contributed by atoms with E-state index in [0.29, 0.717) is 5.69 Å². The molecule has 0 aliphatic rings. The lowest BCUT2D eigenvalue weighted by atomic mass is 10.5. The Hall–Kier alpha value is -1.87. The summed E-state index contributed by atoms with van der Waals surface area (Å²) in [7, 11) is -2.27. The highest BCUT2D eigenvalue weighted by Gasteiger charge is 2.25. The van der Waals surface area contributed by atoms with Gasteiger partial charge in [-0.05, 0) is 6.92 Å². The van der Waals surface area contributed by atoms with Gasteiger partial charge >= 0.3 is 0 Å². The highest BCUT2D eigenvalue weighted by molar-refractivity contribution is 7.93. The summed E-state index contributed by atoms with van der Waals surface area (Å²) in [6.07, 6.45) is 1.15. The molecule has 0 saturated heterocycles. The minimum atomic E-state index is -3.88. The number of hydrogen-bond donors (Lipinski definition) is 2. The molecule has 2 rings (SSSR count). The largest absolute Gasteiger partial charge is 0.381 e. The molecule has 0 atom stereocenters. The average Bonchev–Trinajstić information content (AvgIpc) is 2.52. The van der Waals surface area contributed by atoms with E-state index in [1.807, 2.05) is 0 Å². The number of nitrogen functional groups attached to an aromatic ring is 1. The highest BCUT2D eigenvalue weighted by atomic mass is 35.5. The van der Waals surface area contributed by atoms with Gasteiger partial charge in [0.25, 0.3) is 10.0 Å². The fourth-order valence-electron chi connectivity index (χ4n) is 1.52. The molecule has 3 N–H and O–H groups in total. The van der Waals surface area contributed by atoms with Crippen LogP contribution in [0.1, 0.15) is 5.69 Å². The third-order valence-electron chi connectivity index (χ3n) is 2.45. The third kappa shape index (κ3) is 2.61. The number of hydrogen-bond acceptors (Lipinski definition) is 6. The van der Waals surface area contributed by atoms with Crippen LogP contribution in [0.4, 0.5) is 11.6 Å². The van der Waals surface area contributed by atoms with E-state index in [4.69, 9.17) is 17.3 Å². The normalized spacial score (nSPS) is 11.5. The van der Waals surface area contributed by atoms with Gasteiger partial charge in [-0.2, -0.15) is 5.10 Å². The van der Waals surface area contributed by atoms with Gasteiger partial charge < -0.3 is 5.73 Å². The van der Waals surface area contributed by atoms with Crippen LogP contribution in [0, 0.1) is 6.92 Å². The van der Waals surface area contributed by atoms with Gasteiger partial charge in [0.1, 0.15) is 17.3 Å². The summed E-state index contributed by atoms with van der Waals surface area (Å²) in [4.78, 5) is 7.34. The van der Waals surface area contributed by atoms with Crippen molar-refractivity contribution in [3.63, 3.8) is 0 Å². The number of aromatic nitrogens is 4. The Labute approximate surface area is 114 Å². The first-order chi connectivity index (χ1) is 8.81. The number of rotatable bonds is 3. The molecular formula is C9H11ClN6O2S. The number of sulfonamides is 1. The van der Waals surface area contributed by atoms with Gasteiger partial charge in [0.05, 0.1) is 5.69 Å². The quantitative estimate of drug-likeness (QED) is 0.800. The Morgan fingerprint density at radius 2 is 2.11 bits per heavy atom. The summed E-state index contributed by atoms with van der Waals surface area (Å²) in [6.45, 7) is 1.60.